The first-order valence-corrected chi connectivity index (χ1v) is 6.00. The minimum Gasteiger partial charge on any atom is -0.467 e. The SMILES string of the molecule is Cc1ccoc1C(C)NC1(C)CCOCC1. The zero-order valence-electron chi connectivity index (χ0n) is 10.4. The van der Waals surface area contributed by atoms with Crippen molar-refractivity contribution in [3.63, 3.8) is 0 Å². The molecule has 3 heteroatoms. The van der Waals surface area contributed by atoms with Crippen molar-refractivity contribution in [3.8, 4) is 0 Å². The maximum absolute atomic E-state index is 5.52. The fourth-order valence-electron chi connectivity index (χ4n) is 2.38. The molecule has 0 aliphatic carbocycles. The molecule has 3 nitrogen and oxygen atoms in total. The molecule has 1 aliphatic rings. The van der Waals surface area contributed by atoms with E-state index < -0.39 is 0 Å². The highest BCUT2D eigenvalue weighted by molar-refractivity contribution is 5.18. The molecular weight excluding hydrogens is 202 g/mol. The number of ether oxygens (including phenoxy) is 1. The van der Waals surface area contributed by atoms with Crippen LogP contribution in [0.3, 0.4) is 0 Å². The first-order valence-electron chi connectivity index (χ1n) is 6.00. The normalized spacial score (nSPS) is 21.9. The number of nitrogens with one attached hydrogen (secondary N) is 1. The van der Waals surface area contributed by atoms with Crippen molar-refractivity contribution < 1.29 is 9.15 Å². The van der Waals surface area contributed by atoms with Gasteiger partial charge in [-0.15, -0.1) is 0 Å². The van der Waals surface area contributed by atoms with Crippen molar-refractivity contribution in [3.05, 3.63) is 23.7 Å². The van der Waals surface area contributed by atoms with Crippen molar-refractivity contribution >= 4 is 0 Å². The highest BCUT2D eigenvalue weighted by Crippen LogP contribution is 2.26. The van der Waals surface area contributed by atoms with Gasteiger partial charge < -0.3 is 14.5 Å². The van der Waals surface area contributed by atoms with E-state index in [2.05, 4.69) is 26.1 Å². The molecule has 1 aromatic rings. The molecule has 2 heterocycles. The van der Waals surface area contributed by atoms with Crippen LogP contribution >= 0.6 is 0 Å². The van der Waals surface area contributed by atoms with Crippen LogP contribution in [0.4, 0.5) is 0 Å². The van der Waals surface area contributed by atoms with Crippen LogP contribution in [-0.4, -0.2) is 18.8 Å². The van der Waals surface area contributed by atoms with Gasteiger partial charge in [0.05, 0.1) is 12.3 Å². The van der Waals surface area contributed by atoms with Crippen LogP contribution in [0.1, 0.15) is 44.1 Å². The van der Waals surface area contributed by atoms with E-state index in [0.29, 0.717) is 0 Å². The Bertz CT molecular complexity index is 339. The predicted molar refractivity (Wildman–Crippen MR) is 63.5 cm³/mol. The second kappa shape index (κ2) is 4.60. The minimum absolute atomic E-state index is 0.177. The first-order chi connectivity index (χ1) is 7.61. The van der Waals surface area contributed by atoms with E-state index in [9.17, 15) is 0 Å². The van der Waals surface area contributed by atoms with Gasteiger partial charge in [0.1, 0.15) is 5.76 Å². The van der Waals surface area contributed by atoms with Crippen molar-refractivity contribution in [2.75, 3.05) is 13.2 Å². The summed E-state index contributed by atoms with van der Waals surface area (Å²) in [6.45, 7) is 8.22. The maximum atomic E-state index is 5.52. The Labute approximate surface area is 97.2 Å². The van der Waals surface area contributed by atoms with Crippen LogP contribution in [0.2, 0.25) is 0 Å². The summed E-state index contributed by atoms with van der Waals surface area (Å²) in [6, 6.07) is 2.28. The molecule has 1 aliphatic heterocycles. The molecular formula is C13H21NO2. The number of furan rings is 1. The van der Waals surface area contributed by atoms with E-state index >= 15 is 0 Å². The van der Waals surface area contributed by atoms with Crippen molar-refractivity contribution in [2.24, 2.45) is 0 Å². The summed E-state index contributed by atoms with van der Waals surface area (Å²) < 4.78 is 10.9. The van der Waals surface area contributed by atoms with Crippen molar-refractivity contribution in [2.45, 2.75) is 45.2 Å². The molecule has 1 fully saturated rings. The fraction of sp³-hybridized carbons (Fsp3) is 0.692. The van der Waals surface area contributed by atoms with Crippen LogP contribution in [0.15, 0.2) is 16.7 Å². The van der Waals surface area contributed by atoms with Crippen LogP contribution in [-0.2, 0) is 4.74 Å². The zero-order valence-corrected chi connectivity index (χ0v) is 10.4. The summed E-state index contributed by atoms with van der Waals surface area (Å²) in [5.74, 6) is 1.05. The molecule has 0 radical (unpaired) electrons. The first kappa shape index (κ1) is 11.7. The fourth-order valence-corrected chi connectivity index (χ4v) is 2.38. The number of rotatable bonds is 3. The highest BCUT2D eigenvalue weighted by Gasteiger charge is 2.29. The molecule has 0 spiro atoms. The third-order valence-corrected chi connectivity index (χ3v) is 3.46. The predicted octanol–water partition coefficient (Wildman–Crippen LogP) is 2.81. The lowest BCUT2D eigenvalue weighted by atomic mass is 9.91. The van der Waals surface area contributed by atoms with Gasteiger partial charge in [0, 0.05) is 18.8 Å². The Balaban J connectivity index is 2.01. The second-order valence-corrected chi connectivity index (χ2v) is 5.01. The van der Waals surface area contributed by atoms with Gasteiger partial charge >= 0.3 is 0 Å². The monoisotopic (exact) mass is 223 g/mol. The summed E-state index contributed by atoms with van der Waals surface area (Å²) in [6.07, 6.45) is 3.89. The van der Waals surface area contributed by atoms with E-state index in [0.717, 1.165) is 31.8 Å². The van der Waals surface area contributed by atoms with Gasteiger partial charge in [0.15, 0.2) is 0 Å². The molecule has 90 valence electrons. The highest BCUT2D eigenvalue weighted by atomic mass is 16.5. The molecule has 1 unspecified atom stereocenters. The molecule has 0 amide bonds. The van der Waals surface area contributed by atoms with Gasteiger partial charge in [-0.25, -0.2) is 0 Å². The quantitative estimate of drug-likeness (QED) is 0.855. The van der Waals surface area contributed by atoms with Crippen LogP contribution in [0, 0.1) is 6.92 Å². The van der Waals surface area contributed by atoms with Crippen LogP contribution in [0.25, 0.3) is 0 Å². The van der Waals surface area contributed by atoms with E-state index in [-0.39, 0.29) is 11.6 Å². The summed E-state index contributed by atoms with van der Waals surface area (Å²) in [5.41, 5.74) is 1.40. The molecule has 0 saturated carbocycles. The minimum atomic E-state index is 0.177. The van der Waals surface area contributed by atoms with E-state index in [4.69, 9.17) is 9.15 Å². The smallest absolute Gasteiger partial charge is 0.123 e. The average molecular weight is 223 g/mol. The molecule has 1 saturated heterocycles. The van der Waals surface area contributed by atoms with Gasteiger partial charge in [-0.3, -0.25) is 0 Å². The summed E-state index contributed by atoms with van der Waals surface area (Å²) >= 11 is 0. The van der Waals surface area contributed by atoms with Crippen molar-refractivity contribution in [1.29, 1.82) is 0 Å². The Hall–Kier alpha value is -0.800. The lowest BCUT2D eigenvalue weighted by Gasteiger charge is -2.36. The van der Waals surface area contributed by atoms with Gasteiger partial charge in [-0.1, -0.05) is 0 Å². The van der Waals surface area contributed by atoms with Gasteiger partial charge in [-0.2, -0.15) is 0 Å². The molecule has 1 atom stereocenters. The van der Waals surface area contributed by atoms with Gasteiger partial charge in [0.2, 0.25) is 0 Å². The summed E-state index contributed by atoms with van der Waals surface area (Å²) in [5, 5.41) is 3.66. The molecule has 16 heavy (non-hydrogen) atoms. The van der Waals surface area contributed by atoms with Crippen LogP contribution < -0.4 is 5.32 Å². The molecule has 2 rings (SSSR count). The number of hydrogen-bond acceptors (Lipinski definition) is 3. The molecule has 1 N–H and O–H groups in total. The Morgan fingerprint density at radius 2 is 2.06 bits per heavy atom. The maximum Gasteiger partial charge on any atom is 0.123 e. The molecule has 0 bridgehead atoms. The average Bonchev–Trinajstić information content (AvgIpc) is 2.65. The van der Waals surface area contributed by atoms with E-state index in [1.165, 1.54) is 5.56 Å². The van der Waals surface area contributed by atoms with Crippen LogP contribution in [0.5, 0.6) is 0 Å². The third-order valence-electron chi connectivity index (χ3n) is 3.46. The Kier molecular flexibility index (Phi) is 3.36. The second-order valence-electron chi connectivity index (χ2n) is 5.01. The Morgan fingerprint density at radius 1 is 1.38 bits per heavy atom. The van der Waals surface area contributed by atoms with Gasteiger partial charge in [-0.05, 0) is 45.2 Å². The van der Waals surface area contributed by atoms with E-state index in [1.807, 2.05) is 6.07 Å². The number of hydrogen-bond donors (Lipinski definition) is 1. The molecule has 1 aromatic heterocycles. The van der Waals surface area contributed by atoms with Gasteiger partial charge in [0.25, 0.3) is 0 Å². The summed E-state index contributed by atoms with van der Waals surface area (Å²) in [4.78, 5) is 0. The zero-order chi connectivity index (χ0) is 11.6. The van der Waals surface area contributed by atoms with Crippen molar-refractivity contribution in [1.82, 2.24) is 5.32 Å². The standard InChI is InChI=1S/C13H21NO2/c1-10-4-7-16-12(10)11(2)14-13(3)5-8-15-9-6-13/h4,7,11,14H,5-6,8-9H2,1-3H3. The number of aryl methyl sites for hydroxylation is 1. The topological polar surface area (TPSA) is 34.4 Å². The van der Waals surface area contributed by atoms with E-state index in [1.54, 1.807) is 6.26 Å². The summed E-state index contributed by atoms with van der Waals surface area (Å²) in [7, 11) is 0. The largest absolute Gasteiger partial charge is 0.467 e. The lowest BCUT2D eigenvalue weighted by Crippen LogP contribution is -2.47. The third kappa shape index (κ3) is 2.47. The lowest BCUT2D eigenvalue weighted by molar-refractivity contribution is 0.0402. The molecule has 0 aromatic carbocycles. The Morgan fingerprint density at radius 3 is 2.62 bits per heavy atom.